The van der Waals surface area contributed by atoms with Crippen LogP contribution in [0.3, 0.4) is 0 Å². The lowest BCUT2D eigenvalue weighted by atomic mass is 10.1. The predicted octanol–water partition coefficient (Wildman–Crippen LogP) is 2.85. The second kappa shape index (κ2) is 10.1. The summed E-state index contributed by atoms with van der Waals surface area (Å²) in [5, 5.41) is 21.4. The molecule has 1 aliphatic rings. The summed E-state index contributed by atoms with van der Waals surface area (Å²) in [5.74, 6) is 3.18. The molecule has 0 aliphatic carbocycles. The van der Waals surface area contributed by atoms with Gasteiger partial charge in [0.15, 0.2) is 11.8 Å². The fourth-order valence-corrected chi connectivity index (χ4v) is 3.45. The fraction of sp³-hybridized carbons (Fsp3) is 0.550. The lowest BCUT2D eigenvalue weighted by molar-refractivity contribution is 0.392. The first-order valence-electron chi connectivity index (χ1n) is 9.76. The van der Waals surface area contributed by atoms with Crippen molar-refractivity contribution in [2.45, 2.75) is 66.1 Å². The highest BCUT2D eigenvalue weighted by Crippen LogP contribution is 2.23. The average molecular weight is 498 g/mol. The van der Waals surface area contributed by atoms with Gasteiger partial charge in [-0.25, -0.2) is 14.7 Å². The van der Waals surface area contributed by atoms with Gasteiger partial charge in [-0.2, -0.15) is 5.10 Å². The van der Waals surface area contributed by atoms with Gasteiger partial charge in [0.05, 0.1) is 13.1 Å². The lowest BCUT2D eigenvalue weighted by Crippen LogP contribution is -2.47. The van der Waals surface area contributed by atoms with Crippen LogP contribution in [0.5, 0.6) is 5.75 Å². The van der Waals surface area contributed by atoms with Crippen molar-refractivity contribution in [2.24, 2.45) is 4.99 Å². The van der Waals surface area contributed by atoms with Gasteiger partial charge in [0.2, 0.25) is 0 Å². The summed E-state index contributed by atoms with van der Waals surface area (Å²) in [6.07, 6.45) is 2.82. The van der Waals surface area contributed by atoms with E-state index in [0.717, 1.165) is 66.7 Å². The van der Waals surface area contributed by atoms with Crippen molar-refractivity contribution in [1.29, 1.82) is 0 Å². The Morgan fingerprint density at radius 3 is 2.64 bits per heavy atom. The van der Waals surface area contributed by atoms with Gasteiger partial charge < -0.3 is 15.7 Å². The number of phenols is 1. The Bertz CT molecular complexity index is 809. The van der Waals surface area contributed by atoms with E-state index in [9.17, 15) is 5.11 Å². The molecule has 0 spiro atoms. The first-order chi connectivity index (χ1) is 13.0. The maximum atomic E-state index is 9.93. The maximum Gasteiger partial charge on any atom is 0.191 e. The second-order valence-corrected chi connectivity index (χ2v) is 7.13. The monoisotopic (exact) mass is 498 g/mol. The van der Waals surface area contributed by atoms with Crippen molar-refractivity contribution in [3.8, 4) is 5.75 Å². The van der Waals surface area contributed by atoms with Crippen molar-refractivity contribution >= 4 is 29.9 Å². The number of hydrogen-bond acceptors (Lipinski definition) is 4. The number of halogens is 1. The third-order valence-electron chi connectivity index (χ3n) is 4.87. The van der Waals surface area contributed by atoms with Crippen LogP contribution in [0.1, 0.15) is 48.6 Å². The molecule has 28 heavy (non-hydrogen) atoms. The zero-order valence-corrected chi connectivity index (χ0v) is 19.4. The molecule has 0 radical (unpaired) electrons. The zero-order chi connectivity index (χ0) is 19.4. The number of phenolic OH excluding ortho intramolecular Hbond substituents is 1. The molecule has 0 saturated heterocycles. The Balaban J connectivity index is 0.00000280. The molecule has 0 fully saturated rings. The van der Waals surface area contributed by atoms with E-state index >= 15 is 0 Å². The Morgan fingerprint density at radius 2 is 2.00 bits per heavy atom. The van der Waals surface area contributed by atoms with Gasteiger partial charge in [-0.3, -0.25) is 0 Å². The van der Waals surface area contributed by atoms with Crippen LogP contribution in [0.25, 0.3) is 0 Å². The fourth-order valence-electron chi connectivity index (χ4n) is 3.45. The van der Waals surface area contributed by atoms with Crippen LogP contribution >= 0.6 is 24.0 Å². The zero-order valence-electron chi connectivity index (χ0n) is 17.1. The van der Waals surface area contributed by atoms with E-state index < -0.39 is 0 Å². The number of nitrogens with one attached hydrogen (secondary N) is 2. The van der Waals surface area contributed by atoms with Crippen LogP contribution in [0, 0.1) is 13.8 Å². The molecule has 1 aliphatic heterocycles. The van der Waals surface area contributed by atoms with Crippen molar-refractivity contribution in [1.82, 2.24) is 25.4 Å². The average Bonchev–Trinajstić information content (AvgIpc) is 3.06. The van der Waals surface area contributed by atoms with Crippen LogP contribution in [-0.2, 0) is 25.9 Å². The molecule has 7 nitrogen and oxygen atoms in total. The number of guanidine groups is 1. The van der Waals surface area contributed by atoms with E-state index in [2.05, 4.69) is 34.6 Å². The van der Waals surface area contributed by atoms with Crippen molar-refractivity contribution in [2.75, 3.05) is 6.54 Å². The third-order valence-corrected chi connectivity index (χ3v) is 4.87. The van der Waals surface area contributed by atoms with Crippen molar-refractivity contribution in [3.05, 3.63) is 40.5 Å². The standard InChI is InChI=1S/C20H30N6O.HI/c1-5-17-24-18-8-7-16(12-26(18)25-17)23-20(21-6-2)22-11-15-9-13(3)19(27)14(4)10-15;/h9-10,16,27H,5-8,11-12H2,1-4H3,(H2,21,22,23);1H. The molecule has 8 heteroatoms. The molecule has 3 rings (SSSR count). The van der Waals surface area contributed by atoms with Gasteiger partial charge >= 0.3 is 0 Å². The molecule has 1 atom stereocenters. The summed E-state index contributed by atoms with van der Waals surface area (Å²) in [4.78, 5) is 9.31. The third kappa shape index (κ3) is 5.36. The van der Waals surface area contributed by atoms with Crippen LogP contribution in [0.4, 0.5) is 0 Å². The number of fused-ring (bicyclic) bond motifs is 1. The quantitative estimate of drug-likeness (QED) is 0.335. The lowest BCUT2D eigenvalue weighted by Gasteiger charge is -2.25. The normalized spacial score (nSPS) is 16.3. The molecule has 154 valence electrons. The molecule has 0 bridgehead atoms. The Kier molecular flexibility index (Phi) is 8.09. The molecule has 1 aromatic carbocycles. The highest BCUT2D eigenvalue weighted by Gasteiger charge is 2.22. The van der Waals surface area contributed by atoms with Gasteiger partial charge in [0.1, 0.15) is 11.6 Å². The van der Waals surface area contributed by atoms with Gasteiger partial charge in [-0.05, 0) is 43.9 Å². The minimum Gasteiger partial charge on any atom is -0.507 e. The van der Waals surface area contributed by atoms with Crippen LogP contribution in [-0.4, -0.2) is 38.4 Å². The second-order valence-electron chi connectivity index (χ2n) is 7.13. The molecule has 1 aromatic heterocycles. The van der Waals surface area contributed by atoms with Crippen LogP contribution in [0.15, 0.2) is 17.1 Å². The molecule has 0 amide bonds. The number of aromatic hydroxyl groups is 1. The number of aliphatic imine (C=N–C) groups is 1. The number of nitrogens with zero attached hydrogens (tertiary/aromatic N) is 4. The van der Waals surface area contributed by atoms with Crippen LogP contribution < -0.4 is 10.6 Å². The van der Waals surface area contributed by atoms with E-state index in [1.54, 1.807) is 0 Å². The highest BCUT2D eigenvalue weighted by molar-refractivity contribution is 14.0. The minimum atomic E-state index is 0. The minimum absolute atomic E-state index is 0. The van der Waals surface area contributed by atoms with Gasteiger partial charge in [-0.15, -0.1) is 24.0 Å². The first kappa shape index (κ1) is 22.4. The predicted molar refractivity (Wildman–Crippen MR) is 122 cm³/mol. The largest absolute Gasteiger partial charge is 0.507 e. The van der Waals surface area contributed by atoms with E-state index in [1.807, 2.05) is 30.7 Å². The van der Waals surface area contributed by atoms with Gasteiger partial charge in [-0.1, -0.05) is 19.1 Å². The van der Waals surface area contributed by atoms with E-state index in [0.29, 0.717) is 12.3 Å². The number of hydrogen-bond donors (Lipinski definition) is 3. The summed E-state index contributed by atoms with van der Waals surface area (Å²) < 4.78 is 2.02. The molecule has 2 heterocycles. The summed E-state index contributed by atoms with van der Waals surface area (Å²) in [6.45, 7) is 10.2. The first-order valence-corrected chi connectivity index (χ1v) is 9.76. The maximum absolute atomic E-state index is 9.93. The smallest absolute Gasteiger partial charge is 0.191 e. The number of rotatable bonds is 5. The molecule has 2 aromatic rings. The van der Waals surface area contributed by atoms with Crippen molar-refractivity contribution in [3.63, 3.8) is 0 Å². The molecule has 3 N–H and O–H groups in total. The summed E-state index contributed by atoms with van der Waals surface area (Å²) in [7, 11) is 0. The Labute approximate surface area is 184 Å². The summed E-state index contributed by atoms with van der Waals surface area (Å²) >= 11 is 0. The van der Waals surface area contributed by atoms with Gasteiger partial charge in [0, 0.05) is 25.4 Å². The summed E-state index contributed by atoms with van der Waals surface area (Å²) in [5.41, 5.74) is 2.86. The Morgan fingerprint density at radius 1 is 1.29 bits per heavy atom. The number of benzene rings is 1. The highest BCUT2D eigenvalue weighted by atomic mass is 127. The van der Waals surface area contributed by atoms with Crippen molar-refractivity contribution < 1.29 is 5.11 Å². The Hall–Kier alpha value is -1.84. The number of aromatic nitrogens is 3. The molecular formula is C20H31IN6O. The number of aryl methyl sites for hydroxylation is 4. The summed E-state index contributed by atoms with van der Waals surface area (Å²) in [6, 6.07) is 4.26. The van der Waals surface area contributed by atoms with Crippen LogP contribution in [0.2, 0.25) is 0 Å². The molecular weight excluding hydrogens is 467 g/mol. The van der Waals surface area contributed by atoms with E-state index in [1.165, 1.54) is 0 Å². The van der Waals surface area contributed by atoms with E-state index in [4.69, 9.17) is 4.99 Å². The molecule has 0 saturated carbocycles. The van der Waals surface area contributed by atoms with E-state index in [-0.39, 0.29) is 30.0 Å². The topological polar surface area (TPSA) is 87.4 Å². The van der Waals surface area contributed by atoms with Gasteiger partial charge in [0.25, 0.3) is 0 Å². The molecule has 1 unspecified atom stereocenters. The SMILES string of the molecule is CCNC(=NCc1cc(C)c(O)c(C)c1)NC1CCc2nc(CC)nn2C1.I.